The maximum atomic E-state index is 13.0. The Morgan fingerprint density at radius 3 is 2.37 bits per heavy atom. The van der Waals surface area contributed by atoms with Gasteiger partial charge in [-0.25, -0.2) is 4.39 Å². The normalized spacial score (nSPS) is 15.4. The molecule has 1 saturated heterocycles. The first kappa shape index (κ1) is 19.0. The summed E-state index contributed by atoms with van der Waals surface area (Å²) in [5.41, 5.74) is 1.04. The molecular formula is C21H25FN2O3. The van der Waals surface area contributed by atoms with Gasteiger partial charge in [-0.2, -0.15) is 0 Å². The van der Waals surface area contributed by atoms with Gasteiger partial charge in [0, 0.05) is 26.2 Å². The molecule has 1 aliphatic heterocycles. The van der Waals surface area contributed by atoms with E-state index in [1.807, 2.05) is 36.1 Å². The molecule has 1 atom stereocenters. The third-order valence-corrected chi connectivity index (χ3v) is 4.76. The molecule has 0 spiro atoms. The van der Waals surface area contributed by atoms with Crippen molar-refractivity contribution in [2.45, 2.75) is 19.4 Å². The van der Waals surface area contributed by atoms with Gasteiger partial charge in [-0.05, 0) is 42.8 Å². The number of carbonyl (C=O) groups excluding carboxylic acids is 1. The zero-order chi connectivity index (χ0) is 19.2. The van der Waals surface area contributed by atoms with Crippen molar-refractivity contribution in [3.05, 3.63) is 54.3 Å². The molecule has 2 aromatic rings. The first-order valence-corrected chi connectivity index (χ1v) is 9.21. The number of amides is 1. The topological polar surface area (TPSA) is 42.0 Å². The highest BCUT2D eigenvalue weighted by Gasteiger charge is 2.28. The zero-order valence-corrected chi connectivity index (χ0v) is 15.7. The molecule has 1 heterocycles. The number of nitrogens with zero attached hydrogens (tertiary/aromatic N) is 2. The molecule has 0 aromatic heterocycles. The summed E-state index contributed by atoms with van der Waals surface area (Å²) in [6.45, 7) is 4.63. The van der Waals surface area contributed by atoms with Gasteiger partial charge < -0.3 is 19.3 Å². The summed E-state index contributed by atoms with van der Waals surface area (Å²) in [4.78, 5) is 16.9. The maximum absolute atomic E-state index is 13.0. The van der Waals surface area contributed by atoms with Crippen molar-refractivity contribution in [1.82, 2.24) is 4.90 Å². The van der Waals surface area contributed by atoms with Crippen LogP contribution in [0.3, 0.4) is 0 Å². The van der Waals surface area contributed by atoms with Gasteiger partial charge in [-0.1, -0.05) is 19.1 Å². The van der Waals surface area contributed by atoms with Crippen molar-refractivity contribution < 1.29 is 18.7 Å². The number of halogens is 1. The first-order valence-electron chi connectivity index (χ1n) is 9.21. The molecule has 3 rings (SSSR count). The van der Waals surface area contributed by atoms with Crippen LogP contribution in [0.5, 0.6) is 11.5 Å². The number of para-hydroxylation sites is 2. The third-order valence-electron chi connectivity index (χ3n) is 4.76. The maximum Gasteiger partial charge on any atom is 0.263 e. The Balaban J connectivity index is 1.60. The van der Waals surface area contributed by atoms with E-state index >= 15 is 0 Å². The lowest BCUT2D eigenvalue weighted by molar-refractivity contribution is -0.139. The van der Waals surface area contributed by atoms with Crippen molar-refractivity contribution in [1.29, 1.82) is 0 Å². The van der Waals surface area contributed by atoms with Crippen molar-refractivity contribution in [2.75, 3.05) is 38.2 Å². The van der Waals surface area contributed by atoms with Crippen LogP contribution < -0.4 is 14.4 Å². The molecule has 5 nitrogen and oxygen atoms in total. The van der Waals surface area contributed by atoms with Crippen LogP contribution in [0.15, 0.2) is 48.5 Å². The van der Waals surface area contributed by atoms with Crippen molar-refractivity contribution in [3.8, 4) is 11.5 Å². The molecule has 6 heteroatoms. The molecule has 0 unspecified atom stereocenters. The molecule has 0 N–H and O–H groups in total. The third kappa shape index (κ3) is 4.51. The second kappa shape index (κ2) is 8.75. The smallest absolute Gasteiger partial charge is 0.263 e. The molecule has 144 valence electrons. The van der Waals surface area contributed by atoms with Crippen LogP contribution in [-0.4, -0.2) is 50.2 Å². The number of carbonyl (C=O) groups is 1. The summed E-state index contributed by atoms with van der Waals surface area (Å²) in [5, 5.41) is 0. The second-order valence-electron chi connectivity index (χ2n) is 6.45. The molecule has 1 aliphatic rings. The zero-order valence-electron chi connectivity index (χ0n) is 15.7. The van der Waals surface area contributed by atoms with Crippen LogP contribution in [-0.2, 0) is 4.79 Å². The Labute approximate surface area is 159 Å². The van der Waals surface area contributed by atoms with E-state index in [-0.39, 0.29) is 11.7 Å². The number of hydrogen-bond acceptors (Lipinski definition) is 4. The van der Waals surface area contributed by atoms with Gasteiger partial charge >= 0.3 is 0 Å². The molecule has 0 radical (unpaired) electrons. The minimum atomic E-state index is -0.562. The average Bonchev–Trinajstić information content (AvgIpc) is 2.73. The van der Waals surface area contributed by atoms with Crippen LogP contribution in [0.1, 0.15) is 13.3 Å². The van der Waals surface area contributed by atoms with E-state index in [1.54, 1.807) is 19.2 Å². The van der Waals surface area contributed by atoms with E-state index in [0.717, 1.165) is 24.5 Å². The monoisotopic (exact) mass is 372 g/mol. The van der Waals surface area contributed by atoms with Gasteiger partial charge in [0.1, 0.15) is 17.3 Å². The number of anilines is 1. The summed E-state index contributed by atoms with van der Waals surface area (Å²) in [5.74, 6) is 0.989. The average molecular weight is 372 g/mol. The number of piperazine rings is 1. The molecule has 1 amide bonds. The van der Waals surface area contributed by atoms with Gasteiger partial charge in [-0.3, -0.25) is 4.79 Å². The Morgan fingerprint density at radius 1 is 1.07 bits per heavy atom. The summed E-state index contributed by atoms with van der Waals surface area (Å²) >= 11 is 0. The highest BCUT2D eigenvalue weighted by atomic mass is 19.1. The largest absolute Gasteiger partial charge is 0.495 e. The van der Waals surface area contributed by atoms with Gasteiger partial charge in [0.05, 0.1) is 12.8 Å². The number of benzene rings is 2. The van der Waals surface area contributed by atoms with Crippen molar-refractivity contribution in [2.24, 2.45) is 0 Å². The predicted octanol–water partition coefficient (Wildman–Crippen LogP) is 3.34. The summed E-state index contributed by atoms with van der Waals surface area (Å²) in [7, 11) is 1.66. The van der Waals surface area contributed by atoms with E-state index in [4.69, 9.17) is 9.47 Å². The minimum Gasteiger partial charge on any atom is -0.495 e. The van der Waals surface area contributed by atoms with Crippen molar-refractivity contribution in [3.63, 3.8) is 0 Å². The molecule has 0 aliphatic carbocycles. The fourth-order valence-electron chi connectivity index (χ4n) is 3.25. The number of rotatable bonds is 6. The molecule has 2 aromatic carbocycles. The van der Waals surface area contributed by atoms with Crippen LogP contribution in [0.2, 0.25) is 0 Å². The van der Waals surface area contributed by atoms with E-state index in [1.165, 1.54) is 12.1 Å². The summed E-state index contributed by atoms with van der Waals surface area (Å²) in [6, 6.07) is 13.7. The minimum absolute atomic E-state index is 0.0264. The van der Waals surface area contributed by atoms with Gasteiger partial charge in [0.25, 0.3) is 5.91 Å². The van der Waals surface area contributed by atoms with E-state index in [0.29, 0.717) is 25.3 Å². The van der Waals surface area contributed by atoms with Crippen molar-refractivity contribution >= 4 is 11.6 Å². The lowest BCUT2D eigenvalue weighted by atomic mass is 10.2. The SMILES string of the molecule is CC[C@H](Oc1ccc(F)cc1)C(=O)N1CCN(c2ccccc2OC)CC1. The number of ether oxygens (including phenoxy) is 2. The standard InChI is InChI=1S/C21H25FN2O3/c1-3-19(27-17-10-8-16(22)9-11-17)21(25)24-14-12-23(13-15-24)18-6-4-5-7-20(18)26-2/h4-11,19H,3,12-15H2,1-2H3/t19-/m0/s1. The number of hydrogen-bond donors (Lipinski definition) is 0. The molecule has 0 bridgehead atoms. The highest BCUT2D eigenvalue weighted by molar-refractivity contribution is 5.81. The van der Waals surface area contributed by atoms with Crippen LogP contribution in [0.25, 0.3) is 0 Å². The van der Waals surface area contributed by atoms with Crippen LogP contribution in [0.4, 0.5) is 10.1 Å². The quantitative estimate of drug-likeness (QED) is 0.780. The molecule has 0 saturated carbocycles. The van der Waals surface area contributed by atoms with E-state index < -0.39 is 6.10 Å². The Hall–Kier alpha value is -2.76. The van der Waals surface area contributed by atoms with Crippen LogP contribution in [0, 0.1) is 5.82 Å². The first-order chi connectivity index (χ1) is 13.1. The lowest BCUT2D eigenvalue weighted by Crippen LogP contribution is -2.52. The fraction of sp³-hybridized carbons (Fsp3) is 0.381. The Morgan fingerprint density at radius 2 is 1.74 bits per heavy atom. The number of methoxy groups -OCH3 is 1. The second-order valence-corrected chi connectivity index (χ2v) is 6.45. The summed E-state index contributed by atoms with van der Waals surface area (Å²) in [6.07, 6.45) is -0.00332. The summed E-state index contributed by atoms with van der Waals surface area (Å²) < 4.78 is 24.3. The molecule has 1 fully saturated rings. The Kier molecular flexibility index (Phi) is 6.16. The fourth-order valence-corrected chi connectivity index (χ4v) is 3.25. The van der Waals surface area contributed by atoms with E-state index in [2.05, 4.69) is 4.90 Å². The Bertz CT molecular complexity index is 758. The van der Waals surface area contributed by atoms with E-state index in [9.17, 15) is 9.18 Å². The molecule has 27 heavy (non-hydrogen) atoms. The van der Waals surface area contributed by atoms with Gasteiger partial charge in [0.15, 0.2) is 6.10 Å². The predicted molar refractivity (Wildman–Crippen MR) is 103 cm³/mol. The highest BCUT2D eigenvalue weighted by Crippen LogP contribution is 2.28. The molecular weight excluding hydrogens is 347 g/mol. The lowest BCUT2D eigenvalue weighted by Gasteiger charge is -2.37. The van der Waals surface area contributed by atoms with Gasteiger partial charge in [-0.15, -0.1) is 0 Å². The van der Waals surface area contributed by atoms with Gasteiger partial charge in [0.2, 0.25) is 0 Å². The van der Waals surface area contributed by atoms with Crippen LogP contribution >= 0.6 is 0 Å².